The van der Waals surface area contributed by atoms with Crippen LogP contribution in [0.5, 0.6) is 5.75 Å². The van der Waals surface area contributed by atoms with Crippen LogP contribution in [-0.2, 0) is 11.2 Å². The molecule has 0 aliphatic carbocycles. The average molecular weight is 397 g/mol. The first-order valence-electron chi connectivity index (χ1n) is 8.77. The molecule has 0 aliphatic heterocycles. The van der Waals surface area contributed by atoms with E-state index in [9.17, 15) is 14.9 Å². The molecule has 1 heterocycles. The van der Waals surface area contributed by atoms with Crippen LogP contribution in [0.4, 0.5) is 10.8 Å². The second-order valence-corrected chi connectivity index (χ2v) is 6.83. The maximum Gasteiger partial charge on any atom is 0.270 e. The van der Waals surface area contributed by atoms with Crippen LogP contribution in [0.15, 0.2) is 53.9 Å². The average Bonchev–Trinajstić information content (AvgIpc) is 3.16. The number of anilines is 1. The quantitative estimate of drug-likeness (QED) is 0.440. The number of nitrogens with one attached hydrogen (secondary N) is 1. The smallest absolute Gasteiger partial charge is 0.270 e. The molecule has 0 aliphatic rings. The Hall–Kier alpha value is -3.26. The molecule has 0 saturated heterocycles. The minimum Gasteiger partial charge on any atom is -0.494 e. The summed E-state index contributed by atoms with van der Waals surface area (Å²) in [5, 5.41) is 15.9. The van der Waals surface area contributed by atoms with Gasteiger partial charge in [-0.3, -0.25) is 14.9 Å². The van der Waals surface area contributed by atoms with Gasteiger partial charge < -0.3 is 10.1 Å². The van der Waals surface area contributed by atoms with Crippen LogP contribution in [0.2, 0.25) is 0 Å². The molecule has 0 bridgehead atoms. The SMILES string of the molecule is CCOc1ccc(CCC(=O)Nc2nc(-c3cccc([N+](=O)[O-])c3)cs2)cc1. The minimum atomic E-state index is -0.445. The summed E-state index contributed by atoms with van der Waals surface area (Å²) in [5.41, 5.74) is 2.29. The highest BCUT2D eigenvalue weighted by atomic mass is 32.1. The number of rotatable bonds is 8. The van der Waals surface area contributed by atoms with Crippen molar-refractivity contribution in [2.75, 3.05) is 11.9 Å². The zero-order valence-electron chi connectivity index (χ0n) is 15.3. The Labute approximate surface area is 166 Å². The van der Waals surface area contributed by atoms with E-state index in [0.29, 0.717) is 35.8 Å². The van der Waals surface area contributed by atoms with Gasteiger partial charge in [-0.15, -0.1) is 11.3 Å². The summed E-state index contributed by atoms with van der Waals surface area (Å²) < 4.78 is 5.40. The van der Waals surface area contributed by atoms with Gasteiger partial charge in [-0.25, -0.2) is 4.98 Å². The third-order valence-electron chi connectivity index (χ3n) is 3.98. The van der Waals surface area contributed by atoms with Crippen molar-refractivity contribution >= 4 is 28.1 Å². The summed E-state index contributed by atoms with van der Waals surface area (Å²) in [7, 11) is 0. The van der Waals surface area contributed by atoms with Gasteiger partial charge in [0, 0.05) is 29.5 Å². The third kappa shape index (κ3) is 5.14. The molecule has 0 radical (unpaired) electrons. The standard InChI is InChI=1S/C20H19N3O4S/c1-2-27-17-9-6-14(7-10-17)8-11-19(24)22-20-21-18(13-28-20)15-4-3-5-16(12-15)23(25)26/h3-7,9-10,12-13H,2,8,11H2,1H3,(H,21,22,24). The molecule has 1 N–H and O–H groups in total. The van der Waals surface area contributed by atoms with Gasteiger partial charge in [0.15, 0.2) is 5.13 Å². The maximum absolute atomic E-state index is 12.2. The van der Waals surface area contributed by atoms with E-state index in [2.05, 4.69) is 10.3 Å². The molecule has 8 heteroatoms. The number of non-ortho nitro benzene ring substituents is 1. The fourth-order valence-electron chi connectivity index (χ4n) is 2.60. The Bertz CT molecular complexity index is 970. The number of aromatic nitrogens is 1. The number of nitro groups is 1. The normalized spacial score (nSPS) is 10.5. The fourth-order valence-corrected chi connectivity index (χ4v) is 3.34. The largest absolute Gasteiger partial charge is 0.494 e. The maximum atomic E-state index is 12.2. The fraction of sp³-hybridized carbons (Fsp3) is 0.200. The van der Waals surface area contributed by atoms with E-state index in [1.807, 2.05) is 31.2 Å². The van der Waals surface area contributed by atoms with Gasteiger partial charge in [0.25, 0.3) is 5.69 Å². The van der Waals surface area contributed by atoms with Gasteiger partial charge in [-0.2, -0.15) is 0 Å². The first-order chi connectivity index (χ1) is 13.5. The van der Waals surface area contributed by atoms with E-state index in [-0.39, 0.29) is 11.6 Å². The molecule has 2 aromatic carbocycles. The number of nitro benzene ring substituents is 1. The first kappa shape index (κ1) is 19.5. The predicted molar refractivity (Wildman–Crippen MR) is 109 cm³/mol. The van der Waals surface area contributed by atoms with Crippen molar-refractivity contribution in [3.63, 3.8) is 0 Å². The van der Waals surface area contributed by atoms with Crippen molar-refractivity contribution < 1.29 is 14.5 Å². The summed E-state index contributed by atoms with van der Waals surface area (Å²) in [6.07, 6.45) is 0.945. The molecule has 0 atom stereocenters. The molecule has 0 unspecified atom stereocenters. The molecule has 144 valence electrons. The second kappa shape index (κ2) is 9.09. The lowest BCUT2D eigenvalue weighted by atomic mass is 10.1. The number of carbonyl (C=O) groups excluding carboxylic acids is 1. The van der Waals surface area contributed by atoms with Crippen LogP contribution in [0.25, 0.3) is 11.3 Å². The number of ether oxygens (including phenoxy) is 1. The Morgan fingerprint density at radius 3 is 2.75 bits per heavy atom. The number of nitrogens with zero attached hydrogens (tertiary/aromatic N) is 2. The second-order valence-electron chi connectivity index (χ2n) is 5.97. The van der Waals surface area contributed by atoms with Crippen LogP contribution in [0.3, 0.4) is 0 Å². The lowest BCUT2D eigenvalue weighted by molar-refractivity contribution is -0.384. The van der Waals surface area contributed by atoms with E-state index in [0.717, 1.165) is 11.3 Å². The van der Waals surface area contributed by atoms with Crippen LogP contribution in [0, 0.1) is 10.1 Å². The van der Waals surface area contributed by atoms with Crippen molar-refractivity contribution in [3.05, 3.63) is 69.6 Å². The molecule has 1 aromatic heterocycles. The van der Waals surface area contributed by atoms with Crippen molar-refractivity contribution in [3.8, 4) is 17.0 Å². The lowest BCUT2D eigenvalue weighted by Crippen LogP contribution is -2.12. The Balaban J connectivity index is 1.56. The highest BCUT2D eigenvalue weighted by Gasteiger charge is 2.11. The predicted octanol–water partition coefficient (Wildman–Crippen LogP) is 4.69. The van der Waals surface area contributed by atoms with Crippen LogP contribution in [-0.4, -0.2) is 22.4 Å². The Morgan fingerprint density at radius 2 is 2.04 bits per heavy atom. The summed E-state index contributed by atoms with van der Waals surface area (Å²) >= 11 is 1.29. The van der Waals surface area contributed by atoms with Crippen molar-refractivity contribution in [1.82, 2.24) is 4.98 Å². The molecule has 0 saturated carbocycles. The van der Waals surface area contributed by atoms with E-state index in [4.69, 9.17) is 4.74 Å². The van der Waals surface area contributed by atoms with Gasteiger partial charge in [-0.05, 0) is 31.0 Å². The molecule has 7 nitrogen and oxygen atoms in total. The topological polar surface area (TPSA) is 94.4 Å². The molecule has 28 heavy (non-hydrogen) atoms. The summed E-state index contributed by atoms with van der Waals surface area (Å²) in [5.74, 6) is 0.681. The summed E-state index contributed by atoms with van der Waals surface area (Å²) in [6.45, 7) is 2.55. The number of aryl methyl sites for hydroxylation is 1. The zero-order chi connectivity index (χ0) is 19.9. The van der Waals surface area contributed by atoms with Crippen LogP contribution >= 0.6 is 11.3 Å². The first-order valence-corrected chi connectivity index (χ1v) is 9.65. The van der Waals surface area contributed by atoms with Crippen molar-refractivity contribution in [2.45, 2.75) is 19.8 Å². The van der Waals surface area contributed by atoms with E-state index < -0.39 is 4.92 Å². The van der Waals surface area contributed by atoms with E-state index in [1.54, 1.807) is 17.5 Å². The molecule has 3 aromatic rings. The summed E-state index contributed by atoms with van der Waals surface area (Å²) in [6, 6.07) is 13.9. The Kier molecular flexibility index (Phi) is 6.33. The molecule has 0 fully saturated rings. The van der Waals surface area contributed by atoms with Gasteiger partial charge in [-0.1, -0.05) is 24.3 Å². The third-order valence-corrected chi connectivity index (χ3v) is 4.74. The van der Waals surface area contributed by atoms with E-state index in [1.165, 1.54) is 23.5 Å². The van der Waals surface area contributed by atoms with Crippen LogP contribution < -0.4 is 10.1 Å². The highest BCUT2D eigenvalue weighted by molar-refractivity contribution is 7.14. The molecule has 1 amide bonds. The monoisotopic (exact) mass is 397 g/mol. The van der Waals surface area contributed by atoms with Gasteiger partial charge >= 0.3 is 0 Å². The van der Waals surface area contributed by atoms with Crippen LogP contribution in [0.1, 0.15) is 18.9 Å². The molecule has 3 rings (SSSR count). The number of benzene rings is 2. The van der Waals surface area contributed by atoms with Gasteiger partial charge in [0.05, 0.1) is 17.2 Å². The van der Waals surface area contributed by atoms with Gasteiger partial charge in [0.1, 0.15) is 5.75 Å². The summed E-state index contributed by atoms with van der Waals surface area (Å²) in [4.78, 5) is 27.0. The number of hydrogen-bond donors (Lipinski definition) is 1. The highest BCUT2D eigenvalue weighted by Crippen LogP contribution is 2.27. The number of hydrogen-bond acceptors (Lipinski definition) is 6. The molecule has 0 spiro atoms. The molecular weight excluding hydrogens is 378 g/mol. The Morgan fingerprint density at radius 1 is 1.25 bits per heavy atom. The number of carbonyl (C=O) groups is 1. The van der Waals surface area contributed by atoms with Crippen molar-refractivity contribution in [2.24, 2.45) is 0 Å². The number of amides is 1. The zero-order valence-corrected chi connectivity index (χ0v) is 16.1. The lowest BCUT2D eigenvalue weighted by Gasteiger charge is -2.05. The van der Waals surface area contributed by atoms with Crippen molar-refractivity contribution in [1.29, 1.82) is 0 Å². The van der Waals surface area contributed by atoms with Gasteiger partial charge in [0.2, 0.25) is 5.91 Å². The minimum absolute atomic E-state index is 0.00596. The van der Waals surface area contributed by atoms with E-state index >= 15 is 0 Å². The molecular formula is C20H19N3O4S. The number of thiazole rings is 1.